The van der Waals surface area contributed by atoms with E-state index in [2.05, 4.69) is 34.9 Å². The van der Waals surface area contributed by atoms with Gasteiger partial charge in [0.15, 0.2) is 0 Å². The summed E-state index contributed by atoms with van der Waals surface area (Å²) < 4.78 is 5.56. The molecule has 0 aliphatic heterocycles. The fourth-order valence-electron chi connectivity index (χ4n) is 4.28. The SMILES string of the molecule is CCCC[C@H](NC(=O)C(C)(CC)CNC(=O)OCC1c2ccccc2-c2ccccc21)C(=O)O. The van der Waals surface area contributed by atoms with Gasteiger partial charge in [0.2, 0.25) is 5.91 Å². The number of benzene rings is 2. The number of unbranched alkanes of at least 4 members (excludes halogenated alkanes) is 1. The van der Waals surface area contributed by atoms with Crippen LogP contribution in [0.15, 0.2) is 48.5 Å². The summed E-state index contributed by atoms with van der Waals surface area (Å²) in [4.78, 5) is 36.9. The topological polar surface area (TPSA) is 105 Å². The number of carbonyl (C=O) groups excluding carboxylic acids is 2. The van der Waals surface area contributed by atoms with Gasteiger partial charge >= 0.3 is 12.1 Å². The zero-order chi connectivity index (χ0) is 24.7. The van der Waals surface area contributed by atoms with E-state index in [1.807, 2.05) is 38.1 Å². The van der Waals surface area contributed by atoms with Gasteiger partial charge in [0.25, 0.3) is 0 Å². The van der Waals surface area contributed by atoms with Crippen molar-refractivity contribution in [3.63, 3.8) is 0 Å². The predicted octanol–water partition coefficient (Wildman–Crippen LogP) is 4.70. The summed E-state index contributed by atoms with van der Waals surface area (Å²) in [6.07, 6.45) is 1.75. The van der Waals surface area contributed by atoms with Crippen LogP contribution in [-0.2, 0) is 14.3 Å². The van der Waals surface area contributed by atoms with Gasteiger partial charge in [-0.1, -0.05) is 75.2 Å². The molecule has 2 aromatic rings. The Hall–Kier alpha value is -3.35. The minimum Gasteiger partial charge on any atom is -0.480 e. The number of carboxylic acid groups (broad SMARTS) is 1. The summed E-state index contributed by atoms with van der Waals surface area (Å²) in [6, 6.07) is 15.3. The third kappa shape index (κ3) is 5.58. The van der Waals surface area contributed by atoms with Gasteiger partial charge in [-0.15, -0.1) is 0 Å². The zero-order valence-electron chi connectivity index (χ0n) is 20.1. The van der Waals surface area contributed by atoms with E-state index in [0.29, 0.717) is 19.3 Å². The van der Waals surface area contributed by atoms with E-state index >= 15 is 0 Å². The number of alkyl carbamates (subject to hydrolysis) is 1. The third-order valence-corrected chi connectivity index (χ3v) is 6.74. The number of rotatable bonds is 11. The van der Waals surface area contributed by atoms with Gasteiger partial charge < -0.3 is 20.5 Å². The monoisotopic (exact) mass is 466 g/mol. The Morgan fingerprint density at radius 2 is 1.62 bits per heavy atom. The van der Waals surface area contributed by atoms with E-state index < -0.39 is 29.4 Å². The van der Waals surface area contributed by atoms with Crippen molar-refractivity contribution in [2.24, 2.45) is 5.41 Å². The Morgan fingerprint density at radius 1 is 1.03 bits per heavy atom. The number of ether oxygens (including phenoxy) is 1. The highest BCUT2D eigenvalue weighted by molar-refractivity contribution is 5.87. The van der Waals surface area contributed by atoms with Crippen LogP contribution >= 0.6 is 0 Å². The van der Waals surface area contributed by atoms with Crippen molar-refractivity contribution in [1.82, 2.24) is 10.6 Å². The molecule has 0 saturated carbocycles. The van der Waals surface area contributed by atoms with Crippen LogP contribution in [0, 0.1) is 5.41 Å². The fraction of sp³-hybridized carbons (Fsp3) is 0.444. The molecule has 0 aromatic heterocycles. The lowest BCUT2D eigenvalue weighted by atomic mass is 9.86. The summed E-state index contributed by atoms with van der Waals surface area (Å²) in [7, 11) is 0. The molecule has 3 rings (SSSR count). The highest BCUT2D eigenvalue weighted by Crippen LogP contribution is 2.44. The third-order valence-electron chi connectivity index (χ3n) is 6.74. The van der Waals surface area contributed by atoms with E-state index in [9.17, 15) is 19.5 Å². The van der Waals surface area contributed by atoms with Crippen LogP contribution in [-0.4, -0.2) is 42.3 Å². The van der Waals surface area contributed by atoms with Gasteiger partial charge in [-0.05, 0) is 42.0 Å². The first-order valence-corrected chi connectivity index (χ1v) is 11.9. The largest absolute Gasteiger partial charge is 0.480 e. The minimum atomic E-state index is -1.05. The zero-order valence-corrected chi connectivity index (χ0v) is 20.1. The quantitative estimate of drug-likeness (QED) is 0.445. The molecule has 34 heavy (non-hydrogen) atoms. The predicted molar refractivity (Wildman–Crippen MR) is 131 cm³/mol. The number of aliphatic carboxylic acids is 1. The number of amides is 2. The standard InChI is InChI=1S/C27H34N2O5/c1-4-6-15-23(24(30)31)29-25(32)27(3,5-2)17-28-26(33)34-16-22-20-13-9-7-11-18(20)19-12-8-10-14-21(19)22/h7-14,22-23H,4-6,15-17H2,1-3H3,(H,28,33)(H,29,32)(H,30,31)/t23-,27?/m0/s1. The summed E-state index contributed by atoms with van der Waals surface area (Å²) in [5.74, 6) is -1.49. The molecular formula is C27H34N2O5. The van der Waals surface area contributed by atoms with E-state index in [1.54, 1.807) is 6.92 Å². The van der Waals surface area contributed by atoms with Crippen molar-refractivity contribution >= 4 is 18.0 Å². The number of hydrogen-bond donors (Lipinski definition) is 3. The first-order valence-electron chi connectivity index (χ1n) is 11.9. The molecule has 0 fully saturated rings. The lowest BCUT2D eigenvalue weighted by Crippen LogP contribution is -2.51. The smallest absolute Gasteiger partial charge is 0.407 e. The molecule has 7 nitrogen and oxygen atoms in total. The maximum atomic E-state index is 12.9. The van der Waals surface area contributed by atoms with Gasteiger partial charge in [0.05, 0.1) is 5.41 Å². The van der Waals surface area contributed by atoms with Gasteiger partial charge in [-0.25, -0.2) is 9.59 Å². The number of hydrogen-bond acceptors (Lipinski definition) is 4. The van der Waals surface area contributed by atoms with E-state index in [-0.39, 0.29) is 19.1 Å². The van der Waals surface area contributed by atoms with Crippen LogP contribution in [0.1, 0.15) is 63.5 Å². The second-order valence-electron chi connectivity index (χ2n) is 9.10. The molecule has 0 bridgehead atoms. The van der Waals surface area contributed by atoms with E-state index in [0.717, 1.165) is 28.7 Å². The molecule has 0 heterocycles. The van der Waals surface area contributed by atoms with Crippen molar-refractivity contribution in [3.8, 4) is 11.1 Å². The summed E-state index contributed by atoms with van der Waals surface area (Å²) in [6.45, 7) is 5.75. The second-order valence-corrected chi connectivity index (χ2v) is 9.10. The molecule has 1 aliphatic carbocycles. The van der Waals surface area contributed by atoms with Crippen LogP contribution in [0.5, 0.6) is 0 Å². The molecular weight excluding hydrogens is 432 g/mol. The average molecular weight is 467 g/mol. The van der Waals surface area contributed by atoms with Gasteiger partial charge in [0, 0.05) is 12.5 Å². The summed E-state index contributed by atoms with van der Waals surface area (Å²) in [5, 5.41) is 14.8. The maximum absolute atomic E-state index is 12.9. The van der Waals surface area contributed by atoms with Crippen molar-refractivity contribution < 1.29 is 24.2 Å². The average Bonchev–Trinajstić information content (AvgIpc) is 3.17. The molecule has 7 heteroatoms. The van der Waals surface area contributed by atoms with Gasteiger partial charge in [-0.2, -0.15) is 0 Å². The Morgan fingerprint density at radius 3 is 2.15 bits per heavy atom. The van der Waals surface area contributed by atoms with Crippen molar-refractivity contribution in [3.05, 3.63) is 59.7 Å². The van der Waals surface area contributed by atoms with Crippen LogP contribution in [0.3, 0.4) is 0 Å². The van der Waals surface area contributed by atoms with E-state index in [4.69, 9.17) is 4.74 Å². The van der Waals surface area contributed by atoms with Crippen LogP contribution in [0.4, 0.5) is 4.79 Å². The molecule has 1 aliphatic rings. The molecule has 3 N–H and O–H groups in total. The second kappa shape index (κ2) is 11.2. The summed E-state index contributed by atoms with van der Waals surface area (Å²) in [5.41, 5.74) is 3.60. The lowest BCUT2D eigenvalue weighted by Gasteiger charge is -2.29. The van der Waals surface area contributed by atoms with Gasteiger partial charge in [-0.3, -0.25) is 4.79 Å². The Kier molecular flexibility index (Phi) is 8.31. The Balaban J connectivity index is 1.58. The summed E-state index contributed by atoms with van der Waals surface area (Å²) >= 11 is 0. The number of nitrogens with one attached hydrogen (secondary N) is 2. The van der Waals surface area contributed by atoms with Crippen molar-refractivity contribution in [2.45, 2.75) is 58.4 Å². The fourth-order valence-corrected chi connectivity index (χ4v) is 4.28. The lowest BCUT2D eigenvalue weighted by molar-refractivity contribution is -0.144. The maximum Gasteiger partial charge on any atom is 0.407 e. The van der Waals surface area contributed by atoms with Crippen molar-refractivity contribution in [1.29, 1.82) is 0 Å². The molecule has 2 amide bonds. The Labute approximate surface area is 200 Å². The molecule has 0 radical (unpaired) electrons. The highest BCUT2D eigenvalue weighted by atomic mass is 16.5. The first-order chi connectivity index (χ1) is 16.3. The van der Waals surface area contributed by atoms with Crippen molar-refractivity contribution in [2.75, 3.05) is 13.2 Å². The molecule has 1 unspecified atom stereocenters. The molecule has 0 spiro atoms. The number of fused-ring (bicyclic) bond motifs is 3. The molecule has 2 aromatic carbocycles. The van der Waals surface area contributed by atoms with E-state index in [1.165, 1.54) is 0 Å². The highest BCUT2D eigenvalue weighted by Gasteiger charge is 2.35. The number of carboxylic acids is 1. The molecule has 0 saturated heterocycles. The molecule has 2 atom stereocenters. The number of carbonyl (C=O) groups is 3. The van der Waals surface area contributed by atoms with Gasteiger partial charge in [0.1, 0.15) is 12.6 Å². The first kappa shape index (κ1) is 25.3. The van der Waals surface area contributed by atoms with Crippen LogP contribution in [0.2, 0.25) is 0 Å². The molecule has 182 valence electrons. The van der Waals surface area contributed by atoms with Crippen LogP contribution < -0.4 is 10.6 Å². The minimum absolute atomic E-state index is 0.0473. The Bertz CT molecular complexity index is 992. The van der Waals surface area contributed by atoms with Crippen LogP contribution in [0.25, 0.3) is 11.1 Å². The normalized spacial score (nSPS) is 14.9.